The lowest BCUT2D eigenvalue weighted by Gasteiger charge is -2.19. The van der Waals surface area contributed by atoms with Crippen molar-refractivity contribution in [2.75, 3.05) is 0 Å². The van der Waals surface area contributed by atoms with Crippen LogP contribution in [-0.2, 0) is 11.2 Å². The van der Waals surface area contributed by atoms with Crippen molar-refractivity contribution in [1.82, 2.24) is 5.32 Å². The van der Waals surface area contributed by atoms with E-state index < -0.39 is 0 Å². The molecule has 102 valence electrons. The van der Waals surface area contributed by atoms with Gasteiger partial charge in [-0.25, -0.2) is 0 Å². The van der Waals surface area contributed by atoms with Gasteiger partial charge in [-0.3, -0.25) is 4.79 Å². The second kappa shape index (κ2) is 7.12. The molecule has 1 aromatic rings. The largest absolute Gasteiger partial charge is 0.353 e. The number of amides is 1. The Morgan fingerprint density at radius 3 is 2.94 bits per heavy atom. The SMILES string of the molecule is CC(Cc1cccs1)NC(=O)C1CCCC1N.Cl. The molecule has 3 nitrogen and oxygen atoms in total. The molecule has 1 heterocycles. The lowest BCUT2D eigenvalue weighted by molar-refractivity contribution is -0.125. The minimum atomic E-state index is 0. The highest BCUT2D eigenvalue weighted by Gasteiger charge is 2.30. The summed E-state index contributed by atoms with van der Waals surface area (Å²) in [7, 11) is 0. The van der Waals surface area contributed by atoms with Gasteiger partial charge in [0.15, 0.2) is 0 Å². The van der Waals surface area contributed by atoms with Crippen molar-refractivity contribution in [2.24, 2.45) is 11.7 Å². The first-order valence-electron chi connectivity index (χ1n) is 6.25. The standard InChI is InChI=1S/C13H20N2OS.ClH/c1-9(8-10-4-3-7-17-10)15-13(16)11-5-2-6-12(11)14;/h3-4,7,9,11-12H,2,5-6,8,14H2,1H3,(H,15,16);1H. The Morgan fingerprint density at radius 1 is 1.61 bits per heavy atom. The molecule has 0 aliphatic heterocycles. The molecule has 1 saturated carbocycles. The average molecular weight is 289 g/mol. The van der Waals surface area contributed by atoms with Crippen LogP contribution in [0.4, 0.5) is 0 Å². The van der Waals surface area contributed by atoms with Crippen LogP contribution in [0.25, 0.3) is 0 Å². The summed E-state index contributed by atoms with van der Waals surface area (Å²) in [5, 5.41) is 5.14. The van der Waals surface area contributed by atoms with Gasteiger partial charge in [0, 0.05) is 23.4 Å². The van der Waals surface area contributed by atoms with Crippen LogP contribution in [0.1, 0.15) is 31.1 Å². The number of rotatable bonds is 4. The van der Waals surface area contributed by atoms with Gasteiger partial charge in [0.2, 0.25) is 5.91 Å². The van der Waals surface area contributed by atoms with Crippen molar-refractivity contribution in [2.45, 2.75) is 44.7 Å². The molecular formula is C13H21ClN2OS. The topological polar surface area (TPSA) is 55.1 Å². The van der Waals surface area contributed by atoms with Crippen molar-refractivity contribution in [3.8, 4) is 0 Å². The predicted octanol–water partition coefficient (Wildman–Crippen LogP) is 2.34. The van der Waals surface area contributed by atoms with Crippen LogP contribution in [0.5, 0.6) is 0 Å². The van der Waals surface area contributed by atoms with Crippen LogP contribution >= 0.6 is 23.7 Å². The van der Waals surface area contributed by atoms with Gasteiger partial charge in [-0.15, -0.1) is 23.7 Å². The number of nitrogens with two attached hydrogens (primary N) is 1. The Labute approximate surface area is 119 Å². The first-order chi connectivity index (χ1) is 8.16. The van der Waals surface area contributed by atoms with Crippen LogP contribution in [0.15, 0.2) is 17.5 Å². The number of nitrogens with one attached hydrogen (secondary N) is 1. The Hall–Kier alpha value is -0.580. The van der Waals surface area contributed by atoms with E-state index in [9.17, 15) is 4.79 Å². The summed E-state index contributed by atoms with van der Waals surface area (Å²) in [4.78, 5) is 13.3. The minimum absolute atomic E-state index is 0. The van der Waals surface area contributed by atoms with E-state index in [0.29, 0.717) is 0 Å². The molecular weight excluding hydrogens is 268 g/mol. The fourth-order valence-electron chi connectivity index (χ4n) is 2.45. The highest BCUT2D eigenvalue weighted by molar-refractivity contribution is 7.09. The molecule has 2 rings (SSSR count). The molecule has 1 amide bonds. The van der Waals surface area contributed by atoms with E-state index in [0.717, 1.165) is 25.7 Å². The summed E-state index contributed by atoms with van der Waals surface area (Å²) in [5.41, 5.74) is 5.93. The number of hydrogen-bond donors (Lipinski definition) is 2. The number of hydrogen-bond acceptors (Lipinski definition) is 3. The molecule has 3 N–H and O–H groups in total. The fourth-order valence-corrected chi connectivity index (χ4v) is 3.28. The predicted molar refractivity (Wildman–Crippen MR) is 78.2 cm³/mol. The summed E-state index contributed by atoms with van der Waals surface area (Å²) >= 11 is 1.74. The first kappa shape index (κ1) is 15.5. The molecule has 1 fully saturated rings. The molecule has 0 saturated heterocycles. The maximum atomic E-state index is 12.0. The monoisotopic (exact) mass is 288 g/mol. The summed E-state index contributed by atoms with van der Waals surface area (Å²) in [6.07, 6.45) is 3.92. The number of thiophene rings is 1. The lowest BCUT2D eigenvalue weighted by Crippen LogP contribution is -2.42. The average Bonchev–Trinajstić information content (AvgIpc) is 2.88. The van der Waals surface area contributed by atoms with Crippen molar-refractivity contribution < 1.29 is 4.79 Å². The Morgan fingerprint density at radius 2 is 2.39 bits per heavy atom. The molecule has 1 aliphatic carbocycles. The Kier molecular flexibility index (Phi) is 6.12. The van der Waals surface area contributed by atoms with E-state index in [-0.39, 0.29) is 36.3 Å². The van der Waals surface area contributed by atoms with E-state index >= 15 is 0 Å². The quantitative estimate of drug-likeness (QED) is 0.893. The molecule has 0 aromatic carbocycles. The van der Waals surface area contributed by atoms with Crippen molar-refractivity contribution in [3.63, 3.8) is 0 Å². The van der Waals surface area contributed by atoms with Crippen LogP contribution in [-0.4, -0.2) is 18.0 Å². The van der Waals surface area contributed by atoms with Crippen LogP contribution in [0.3, 0.4) is 0 Å². The Balaban J connectivity index is 0.00000162. The molecule has 1 aliphatic rings. The third-order valence-corrected chi connectivity index (χ3v) is 4.28. The van der Waals surface area contributed by atoms with Crippen LogP contribution in [0.2, 0.25) is 0 Å². The molecule has 0 spiro atoms. The van der Waals surface area contributed by atoms with Gasteiger partial charge in [0.25, 0.3) is 0 Å². The third kappa shape index (κ3) is 3.97. The lowest BCUT2D eigenvalue weighted by atomic mass is 10.0. The van der Waals surface area contributed by atoms with E-state index in [1.807, 2.05) is 6.07 Å². The highest BCUT2D eigenvalue weighted by atomic mass is 35.5. The van der Waals surface area contributed by atoms with Crippen LogP contribution in [0, 0.1) is 5.92 Å². The zero-order chi connectivity index (χ0) is 12.3. The summed E-state index contributed by atoms with van der Waals surface area (Å²) < 4.78 is 0. The summed E-state index contributed by atoms with van der Waals surface area (Å²) in [6.45, 7) is 2.05. The molecule has 0 radical (unpaired) electrons. The maximum Gasteiger partial charge on any atom is 0.224 e. The minimum Gasteiger partial charge on any atom is -0.353 e. The first-order valence-corrected chi connectivity index (χ1v) is 7.13. The van der Waals surface area contributed by atoms with Gasteiger partial charge >= 0.3 is 0 Å². The third-order valence-electron chi connectivity index (χ3n) is 3.38. The molecule has 18 heavy (non-hydrogen) atoms. The maximum absolute atomic E-state index is 12.0. The van der Waals surface area contributed by atoms with Gasteiger partial charge in [-0.1, -0.05) is 12.5 Å². The van der Waals surface area contributed by atoms with Gasteiger partial charge in [0.05, 0.1) is 5.92 Å². The van der Waals surface area contributed by atoms with Crippen molar-refractivity contribution in [1.29, 1.82) is 0 Å². The normalized spacial score (nSPS) is 24.3. The van der Waals surface area contributed by atoms with Gasteiger partial charge in [-0.2, -0.15) is 0 Å². The zero-order valence-corrected chi connectivity index (χ0v) is 12.2. The van der Waals surface area contributed by atoms with E-state index in [1.54, 1.807) is 11.3 Å². The molecule has 1 aromatic heterocycles. The smallest absolute Gasteiger partial charge is 0.224 e. The van der Waals surface area contributed by atoms with E-state index in [4.69, 9.17) is 5.73 Å². The number of carbonyl (C=O) groups is 1. The van der Waals surface area contributed by atoms with Crippen molar-refractivity contribution >= 4 is 29.7 Å². The van der Waals surface area contributed by atoms with E-state index in [1.165, 1.54) is 4.88 Å². The van der Waals surface area contributed by atoms with Gasteiger partial charge in [-0.05, 0) is 31.2 Å². The van der Waals surface area contributed by atoms with Crippen molar-refractivity contribution in [3.05, 3.63) is 22.4 Å². The van der Waals surface area contributed by atoms with Gasteiger partial charge < -0.3 is 11.1 Å². The highest BCUT2D eigenvalue weighted by Crippen LogP contribution is 2.24. The summed E-state index contributed by atoms with van der Waals surface area (Å²) in [5.74, 6) is 0.167. The fraction of sp³-hybridized carbons (Fsp3) is 0.615. The molecule has 0 bridgehead atoms. The summed E-state index contributed by atoms with van der Waals surface area (Å²) in [6, 6.07) is 4.40. The number of halogens is 1. The second-order valence-corrected chi connectivity index (χ2v) is 5.93. The second-order valence-electron chi connectivity index (χ2n) is 4.89. The van der Waals surface area contributed by atoms with E-state index in [2.05, 4.69) is 23.7 Å². The molecule has 3 unspecified atom stereocenters. The van der Waals surface area contributed by atoms with Crippen LogP contribution < -0.4 is 11.1 Å². The van der Waals surface area contributed by atoms with Gasteiger partial charge in [0.1, 0.15) is 0 Å². The zero-order valence-electron chi connectivity index (χ0n) is 10.6. The molecule has 5 heteroatoms. The molecule has 3 atom stereocenters. The number of carbonyl (C=O) groups excluding carboxylic acids is 1. The Bertz CT molecular complexity index is 369.